The SMILES string of the molecule is CCCCCCCCCCCOC[n+]1cccc(NCn2nnc3ccccc32)c1. The molecule has 3 rings (SSSR count). The molecule has 0 fully saturated rings. The largest absolute Gasteiger partial charge is 0.361 e. The molecule has 0 unspecified atom stereocenters. The minimum Gasteiger partial charge on any atom is -0.361 e. The lowest BCUT2D eigenvalue weighted by Crippen LogP contribution is -2.34. The Bertz CT molecular complexity index is 863. The van der Waals surface area contributed by atoms with E-state index in [-0.39, 0.29) is 0 Å². The van der Waals surface area contributed by atoms with Crippen LogP contribution in [0.5, 0.6) is 0 Å². The van der Waals surface area contributed by atoms with Crippen molar-refractivity contribution in [1.82, 2.24) is 15.0 Å². The van der Waals surface area contributed by atoms with E-state index in [0.29, 0.717) is 13.4 Å². The van der Waals surface area contributed by atoms with Gasteiger partial charge in [0.15, 0.2) is 12.4 Å². The van der Waals surface area contributed by atoms with E-state index >= 15 is 0 Å². The van der Waals surface area contributed by atoms with Crippen molar-refractivity contribution in [1.29, 1.82) is 0 Å². The molecule has 0 spiro atoms. The van der Waals surface area contributed by atoms with Gasteiger partial charge in [0.25, 0.3) is 6.73 Å². The first kappa shape index (κ1) is 22.2. The number of unbranched alkanes of at least 4 members (excludes halogenated alkanes) is 8. The van der Waals surface area contributed by atoms with Gasteiger partial charge in [-0.1, -0.05) is 75.6 Å². The number of para-hydroxylation sites is 1. The molecule has 0 saturated carbocycles. The summed E-state index contributed by atoms with van der Waals surface area (Å²) in [6, 6.07) is 12.1. The second-order valence-electron chi connectivity index (χ2n) is 7.89. The van der Waals surface area contributed by atoms with E-state index in [9.17, 15) is 0 Å². The Balaban J connectivity index is 1.30. The molecule has 1 aromatic carbocycles. The molecule has 0 atom stereocenters. The molecule has 162 valence electrons. The number of ether oxygens (including phenoxy) is 1. The topological polar surface area (TPSA) is 55.9 Å². The van der Waals surface area contributed by atoms with Crippen molar-refractivity contribution in [2.75, 3.05) is 11.9 Å². The van der Waals surface area contributed by atoms with Gasteiger partial charge in [-0.25, -0.2) is 4.68 Å². The summed E-state index contributed by atoms with van der Waals surface area (Å²) in [5.41, 5.74) is 2.97. The Morgan fingerprint density at radius 3 is 2.53 bits per heavy atom. The summed E-state index contributed by atoms with van der Waals surface area (Å²) in [6.45, 7) is 4.25. The van der Waals surface area contributed by atoms with Crippen molar-refractivity contribution in [2.45, 2.75) is 78.1 Å². The van der Waals surface area contributed by atoms with Crippen LogP contribution in [0.1, 0.15) is 64.7 Å². The van der Waals surface area contributed by atoms with Crippen molar-refractivity contribution in [2.24, 2.45) is 0 Å². The summed E-state index contributed by atoms with van der Waals surface area (Å²) in [6.07, 6.45) is 16.1. The van der Waals surface area contributed by atoms with E-state index in [1.165, 1.54) is 51.4 Å². The van der Waals surface area contributed by atoms with Crippen molar-refractivity contribution in [3.8, 4) is 0 Å². The van der Waals surface area contributed by atoms with Crippen LogP contribution < -0.4 is 9.88 Å². The molecule has 0 saturated heterocycles. The average Bonchev–Trinajstić information content (AvgIpc) is 3.19. The van der Waals surface area contributed by atoms with Crippen LogP contribution in [0, 0.1) is 0 Å². The van der Waals surface area contributed by atoms with Gasteiger partial charge in [-0.3, -0.25) is 0 Å². The molecule has 0 aliphatic heterocycles. The van der Waals surface area contributed by atoms with Crippen molar-refractivity contribution in [3.05, 3.63) is 48.8 Å². The summed E-state index contributed by atoms with van der Waals surface area (Å²) in [5, 5.41) is 11.8. The fraction of sp³-hybridized carbons (Fsp3) is 0.542. The van der Waals surface area contributed by atoms with Crippen LogP contribution in [-0.2, 0) is 18.1 Å². The predicted octanol–water partition coefficient (Wildman–Crippen LogP) is 5.29. The van der Waals surface area contributed by atoms with E-state index in [2.05, 4.69) is 39.4 Å². The van der Waals surface area contributed by atoms with E-state index in [1.807, 2.05) is 41.2 Å². The molecule has 2 aromatic heterocycles. The van der Waals surface area contributed by atoms with Crippen LogP contribution in [0.3, 0.4) is 0 Å². The highest BCUT2D eigenvalue weighted by Gasteiger charge is 2.05. The lowest BCUT2D eigenvalue weighted by Gasteiger charge is -2.06. The molecule has 6 heteroatoms. The Hall–Kier alpha value is -2.47. The minimum absolute atomic E-state index is 0.573. The number of nitrogens with zero attached hydrogens (tertiary/aromatic N) is 4. The minimum atomic E-state index is 0.573. The Labute approximate surface area is 180 Å². The van der Waals surface area contributed by atoms with Crippen LogP contribution in [0.2, 0.25) is 0 Å². The Morgan fingerprint density at radius 1 is 0.933 bits per heavy atom. The highest BCUT2D eigenvalue weighted by Crippen LogP contribution is 2.11. The normalized spacial score (nSPS) is 11.2. The first-order chi connectivity index (χ1) is 14.9. The van der Waals surface area contributed by atoms with Crippen LogP contribution in [0.4, 0.5) is 5.69 Å². The first-order valence-corrected chi connectivity index (χ1v) is 11.5. The molecule has 2 heterocycles. The van der Waals surface area contributed by atoms with E-state index < -0.39 is 0 Å². The highest BCUT2D eigenvalue weighted by molar-refractivity contribution is 5.73. The zero-order chi connectivity index (χ0) is 20.9. The number of aromatic nitrogens is 4. The predicted molar refractivity (Wildman–Crippen MR) is 121 cm³/mol. The summed E-state index contributed by atoms with van der Waals surface area (Å²) >= 11 is 0. The molecular formula is C24H36N5O+. The zero-order valence-corrected chi connectivity index (χ0v) is 18.3. The van der Waals surface area contributed by atoms with Crippen molar-refractivity contribution >= 4 is 16.7 Å². The third kappa shape index (κ3) is 7.41. The number of fused-ring (bicyclic) bond motifs is 1. The summed E-state index contributed by atoms with van der Waals surface area (Å²) in [4.78, 5) is 0. The van der Waals surface area contributed by atoms with Gasteiger partial charge in [-0.15, -0.1) is 5.10 Å². The molecule has 6 nitrogen and oxygen atoms in total. The Morgan fingerprint density at radius 2 is 1.70 bits per heavy atom. The number of hydrogen-bond donors (Lipinski definition) is 1. The molecule has 0 aliphatic carbocycles. The number of nitrogens with one attached hydrogen (secondary N) is 1. The van der Waals surface area contributed by atoms with E-state index in [4.69, 9.17) is 4.74 Å². The van der Waals surface area contributed by atoms with Crippen LogP contribution in [0.15, 0.2) is 48.8 Å². The quantitative estimate of drug-likeness (QED) is 0.273. The standard InChI is InChI=1S/C24H36N5O/c1-2-3-4-5-6-7-8-9-12-18-30-21-28-17-13-14-22(19-28)25-20-29-24-16-11-10-15-23(24)26-27-29/h10-11,13-17,19,25H,2-9,12,18,20-21H2,1H3/q+1. The highest BCUT2D eigenvalue weighted by atomic mass is 16.5. The lowest BCUT2D eigenvalue weighted by molar-refractivity contribution is -0.732. The van der Waals surface area contributed by atoms with Gasteiger partial charge in [0.05, 0.1) is 12.1 Å². The summed E-state index contributed by atoms with van der Waals surface area (Å²) < 4.78 is 9.78. The van der Waals surface area contributed by atoms with Gasteiger partial charge in [0.1, 0.15) is 17.9 Å². The molecule has 0 radical (unpaired) electrons. The molecule has 1 N–H and O–H groups in total. The molecule has 3 aromatic rings. The summed E-state index contributed by atoms with van der Waals surface area (Å²) in [5.74, 6) is 0. The first-order valence-electron chi connectivity index (χ1n) is 11.5. The van der Waals surface area contributed by atoms with Gasteiger partial charge in [0.2, 0.25) is 0 Å². The fourth-order valence-electron chi connectivity index (χ4n) is 3.59. The van der Waals surface area contributed by atoms with E-state index in [1.54, 1.807) is 0 Å². The second kappa shape index (κ2) is 13.0. The van der Waals surface area contributed by atoms with Gasteiger partial charge >= 0.3 is 0 Å². The van der Waals surface area contributed by atoms with Crippen molar-refractivity contribution < 1.29 is 9.30 Å². The number of pyridine rings is 1. The molecular weight excluding hydrogens is 374 g/mol. The monoisotopic (exact) mass is 410 g/mol. The number of hydrogen-bond acceptors (Lipinski definition) is 4. The van der Waals surface area contributed by atoms with Crippen LogP contribution >= 0.6 is 0 Å². The molecule has 0 amide bonds. The molecule has 0 bridgehead atoms. The fourth-order valence-corrected chi connectivity index (χ4v) is 3.59. The number of rotatable bonds is 15. The van der Waals surface area contributed by atoms with Crippen LogP contribution in [0.25, 0.3) is 11.0 Å². The van der Waals surface area contributed by atoms with E-state index in [0.717, 1.165) is 29.7 Å². The smallest absolute Gasteiger partial charge is 0.252 e. The lowest BCUT2D eigenvalue weighted by atomic mass is 10.1. The maximum atomic E-state index is 5.85. The van der Waals surface area contributed by atoms with Crippen LogP contribution in [-0.4, -0.2) is 21.6 Å². The number of anilines is 1. The second-order valence-corrected chi connectivity index (χ2v) is 7.89. The third-order valence-corrected chi connectivity index (χ3v) is 5.34. The molecule has 30 heavy (non-hydrogen) atoms. The van der Waals surface area contributed by atoms with Gasteiger partial charge in [-0.2, -0.15) is 4.57 Å². The van der Waals surface area contributed by atoms with Gasteiger partial charge in [-0.05, 0) is 24.6 Å². The maximum Gasteiger partial charge on any atom is 0.252 e. The third-order valence-electron chi connectivity index (χ3n) is 5.34. The average molecular weight is 411 g/mol. The zero-order valence-electron chi connectivity index (χ0n) is 18.3. The number of benzene rings is 1. The van der Waals surface area contributed by atoms with Gasteiger partial charge < -0.3 is 10.1 Å². The van der Waals surface area contributed by atoms with Crippen molar-refractivity contribution in [3.63, 3.8) is 0 Å². The summed E-state index contributed by atoms with van der Waals surface area (Å²) in [7, 11) is 0. The van der Waals surface area contributed by atoms with Gasteiger partial charge in [0, 0.05) is 6.07 Å². The Kier molecular flexibility index (Phi) is 9.60. The molecule has 0 aliphatic rings. The maximum absolute atomic E-state index is 5.85.